The highest BCUT2D eigenvalue weighted by Gasteiger charge is 2.24. The number of likely N-dealkylation sites (tertiary alicyclic amines) is 1. The molecule has 1 atom stereocenters. The van der Waals surface area contributed by atoms with E-state index in [9.17, 15) is 4.79 Å². The van der Waals surface area contributed by atoms with E-state index in [0.29, 0.717) is 27.7 Å². The summed E-state index contributed by atoms with van der Waals surface area (Å²) in [6, 6.07) is 13.1. The number of nitrogens with zero attached hydrogens (tertiary/aromatic N) is 3. The third-order valence-corrected chi connectivity index (χ3v) is 5.20. The fourth-order valence-corrected chi connectivity index (χ4v) is 3.80. The predicted molar refractivity (Wildman–Crippen MR) is 104 cm³/mol. The molecule has 26 heavy (non-hydrogen) atoms. The number of para-hydroxylation sites is 1. The third kappa shape index (κ3) is 3.17. The van der Waals surface area contributed by atoms with Crippen LogP contribution in [-0.4, -0.2) is 33.9 Å². The molecule has 0 spiro atoms. The SMILES string of the molecule is C[C@@H]1CCCN(C(=O)c2cc(-c3ccccn3)nc3c(Cl)cccc23)C1. The maximum atomic E-state index is 13.3. The van der Waals surface area contributed by atoms with Gasteiger partial charge in [0.15, 0.2) is 0 Å². The van der Waals surface area contributed by atoms with E-state index in [-0.39, 0.29) is 5.91 Å². The van der Waals surface area contributed by atoms with Crippen molar-refractivity contribution in [3.63, 3.8) is 0 Å². The highest BCUT2D eigenvalue weighted by Crippen LogP contribution is 2.30. The topological polar surface area (TPSA) is 46.1 Å². The summed E-state index contributed by atoms with van der Waals surface area (Å²) in [5, 5.41) is 1.33. The Labute approximate surface area is 157 Å². The van der Waals surface area contributed by atoms with Crippen molar-refractivity contribution < 1.29 is 4.79 Å². The van der Waals surface area contributed by atoms with E-state index in [1.165, 1.54) is 6.42 Å². The quantitative estimate of drug-likeness (QED) is 0.653. The Kier molecular flexibility index (Phi) is 4.60. The number of amides is 1. The van der Waals surface area contributed by atoms with Crippen molar-refractivity contribution >= 4 is 28.4 Å². The molecular weight excluding hydrogens is 346 g/mol. The summed E-state index contributed by atoms with van der Waals surface area (Å²) in [6.45, 7) is 3.79. The van der Waals surface area contributed by atoms with Crippen LogP contribution in [0.5, 0.6) is 0 Å². The van der Waals surface area contributed by atoms with Crippen LogP contribution in [0.15, 0.2) is 48.7 Å². The fourth-order valence-electron chi connectivity index (χ4n) is 3.58. The number of rotatable bonds is 2. The largest absolute Gasteiger partial charge is 0.338 e. The molecule has 0 aliphatic carbocycles. The first-order valence-corrected chi connectivity index (χ1v) is 9.31. The number of hydrogen-bond acceptors (Lipinski definition) is 3. The van der Waals surface area contributed by atoms with Crippen molar-refractivity contribution in [1.82, 2.24) is 14.9 Å². The Balaban J connectivity index is 1.87. The normalized spacial score (nSPS) is 17.5. The van der Waals surface area contributed by atoms with E-state index >= 15 is 0 Å². The monoisotopic (exact) mass is 365 g/mol. The minimum Gasteiger partial charge on any atom is -0.338 e. The molecule has 0 bridgehead atoms. The zero-order chi connectivity index (χ0) is 18.1. The van der Waals surface area contributed by atoms with Crippen molar-refractivity contribution in [1.29, 1.82) is 0 Å². The number of carbonyl (C=O) groups excluding carboxylic acids is 1. The zero-order valence-electron chi connectivity index (χ0n) is 14.7. The molecule has 1 aliphatic heterocycles. The standard InChI is InChI=1S/C21H20ClN3O/c1-14-6-5-11-25(13-14)21(26)16-12-19(18-9-2-3-10-23-18)24-20-15(16)7-4-8-17(20)22/h2-4,7-10,12,14H,5-6,11,13H2,1H3/t14-/m1/s1. The number of carbonyl (C=O) groups is 1. The fraction of sp³-hybridized carbons (Fsp3) is 0.286. The van der Waals surface area contributed by atoms with Gasteiger partial charge in [0.2, 0.25) is 0 Å². The van der Waals surface area contributed by atoms with E-state index in [4.69, 9.17) is 11.6 Å². The van der Waals surface area contributed by atoms with Gasteiger partial charge in [-0.25, -0.2) is 4.98 Å². The predicted octanol–water partition coefficient (Wildman–Crippen LogP) is 4.82. The van der Waals surface area contributed by atoms with Gasteiger partial charge in [0, 0.05) is 24.7 Å². The summed E-state index contributed by atoms with van der Waals surface area (Å²) >= 11 is 6.39. The van der Waals surface area contributed by atoms with E-state index in [0.717, 1.165) is 30.6 Å². The van der Waals surface area contributed by atoms with Crippen LogP contribution in [0.25, 0.3) is 22.3 Å². The average molecular weight is 366 g/mol. The van der Waals surface area contributed by atoms with Crippen LogP contribution in [0, 0.1) is 5.92 Å². The Hall–Kier alpha value is -2.46. The lowest BCUT2D eigenvalue weighted by atomic mass is 9.98. The van der Waals surface area contributed by atoms with Gasteiger partial charge in [-0.05, 0) is 43.0 Å². The lowest BCUT2D eigenvalue weighted by Gasteiger charge is -2.31. The van der Waals surface area contributed by atoms with Crippen LogP contribution in [-0.2, 0) is 0 Å². The Morgan fingerprint density at radius 2 is 2.08 bits per heavy atom. The smallest absolute Gasteiger partial charge is 0.254 e. The molecule has 3 heterocycles. The minimum absolute atomic E-state index is 0.0448. The van der Waals surface area contributed by atoms with Crippen LogP contribution < -0.4 is 0 Å². The van der Waals surface area contributed by atoms with E-state index in [1.807, 2.05) is 41.3 Å². The van der Waals surface area contributed by atoms with Crippen LogP contribution in [0.4, 0.5) is 0 Å². The third-order valence-electron chi connectivity index (χ3n) is 4.89. The summed E-state index contributed by atoms with van der Waals surface area (Å²) in [5.74, 6) is 0.572. The van der Waals surface area contributed by atoms with Gasteiger partial charge in [0.25, 0.3) is 5.91 Å². The summed E-state index contributed by atoms with van der Waals surface area (Å²) in [5.41, 5.74) is 2.69. The molecule has 0 saturated carbocycles. The Bertz CT molecular complexity index is 958. The molecule has 1 amide bonds. The van der Waals surface area contributed by atoms with Gasteiger partial charge in [-0.15, -0.1) is 0 Å². The van der Waals surface area contributed by atoms with Crippen molar-refractivity contribution in [2.75, 3.05) is 13.1 Å². The maximum absolute atomic E-state index is 13.3. The van der Waals surface area contributed by atoms with Gasteiger partial charge in [-0.3, -0.25) is 9.78 Å². The highest BCUT2D eigenvalue weighted by atomic mass is 35.5. The number of piperidine rings is 1. The van der Waals surface area contributed by atoms with Gasteiger partial charge >= 0.3 is 0 Å². The second-order valence-electron chi connectivity index (χ2n) is 6.90. The summed E-state index contributed by atoms with van der Waals surface area (Å²) in [4.78, 5) is 24.3. The number of benzene rings is 1. The maximum Gasteiger partial charge on any atom is 0.254 e. The van der Waals surface area contributed by atoms with Gasteiger partial charge < -0.3 is 4.90 Å². The van der Waals surface area contributed by atoms with Gasteiger partial charge in [-0.2, -0.15) is 0 Å². The second kappa shape index (κ2) is 7.04. The molecular formula is C21H20ClN3O. The first-order chi connectivity index (χ1) is 12.6. The minimum atomic E-state index is 0.0448. The summed E-state index contributed by atoms with van der Waals surface area (Å²) in [6.07, 6.45) is 3.94. The zero-order valence-corrected chi connectivity index (χ0v) is 15.4. The second-order valence-corrected chi connectivity index (χ2v) is 7.31. The van der Waals surface area contributed by atoms with Crippen molar-refractivity contribution in [2.24, 2.45) is 5.92 Å². The van der Waals surface area contributed by atoms with Crippen LogP contribution in [0.3, 0.4) is 0 Å². The molecule has 0 N–H and O–H groups in total. The first-order valence-electron chi connectivity index (χ1n) is 8.93. The van der Waals surface area contributed by atoms with Crippen LogP contribution >= 0.6 is 11.6 Å². The molecule has 4 rings (SSSR count). The number of aromatic nitrogens is 2. The lowest BCUT2D eigenvalue weighted by Crippen LogP contribution is -2.39. The molecule has 0 radical (unpaired) electrons. The van der Waals surface area contributed by atoms with Crippen molar-refractivity contribution in [3.8, 4) is 11.4 Å². The van der Waals surface area contributed by atoms with Crippen LogP contribution in [0.2, 0.25) is 5.02 Å². The van der Waals surface area contributed by atoms with Gasteiger partial charge in [0.05, 0.1) is 27.5 Å². The highest BCUT2D eigenvalue weighted by molar-refractivity contribution is 6.35. The van der Waals surface area contributed by atoms with Crippen molar-refractivity contribution in [3.05, 3.63) is 59.2 Å². The average Bonchev–Trinajstić information content (AvgIpc) is 2.68. The first kappa shape index (κ1) is 17.0. The van der Waals surface area contributed by atoms with Crippen LogP contribution in [0.1, 0.15) is 30.1 Å². The molecule has 5 heteroatoms. The number of pyridine rings is 2. The van der Waals surface area contributed by atoms with Gasteiger partial charge in [-0.1, -0.05) is 36.7 Å². The lowest BCUT2D eigenvalue weighted by molar-refractivity contribution is 0.0685. The summed E-state index contributed by atoms with van der Waals surface area (Å²) < 4.78 is 0. The van der Waals surface area contributed by atoms with E-state index < -0.39 is 0 Å². The molecule has 1 saturated heterocycles. The molecule has 4 nitrogen and oxygen atoms in total. The number of halogens is 1. The molecule has 1 aromatic carbocycles. The van der Waals surface area contributed by atoms with E-state index in [1.54, 1.807) is 12.3 Å². The molecule has 1 fully saturated rings. The molecule has 0 unspecified atom stereocenters. The summed E-state index contributed by atoms with van der Waals surface area (Å²) in [7, 11) is 0. The molecule has 2 aromatic heterocycles. The van der Waals surface area contributed by atoms with Crippen molar-refractivity contribution in [2.45, 2.75) is 19.8 Å². The van der Waals surface area contributed by atoms with Gasteiger partial charge in [0.1, 0.15) is 0 Å². The molecule has 132 valence electrons. The Morgan fingerprint density at radius 3 is 2.85 bits per heavy atom. The number of fused-ring (bicyclic) bond motifs is 1. The molecule has 3 aromatic rings. The van der Waals surface area contributed by atoms with E-state index in [2.05, 4.69) is 16.9 Å². The Morgan fingerprint density at radius 1 is 1.19 bits per heavy atom. The molecule has 1 aliphatic rings. The number of hydrogen-bond donors (Lipinski definition) is 0.